The number of aliphatic hydroxyl groups is 1. The van der Waals surface area contributed by atoms with Crippen molar-refractivity contribution in [3.63, 3.8) is 0 Å². The van der Waals surface area contributed by atoms with Crippen molar-refractivity contribution in [1.29, 1.82) is 0 Å². The summed E-state index contributed by atoms with van der Waals surface area (Å²) >= 11 is 0. The Morgan fingerprint density at radius 1 is 1.33 bits per heavy atom. The number of ether oxygens (including phenoxy) is 2. The lowest BCUT2D eigenvalue weighted by molar-refractivity contribution is -0.00991. The highest BCUT2D eigenvalue weighted by atomic mass is 16.5. The average molecular weight is 248 g/mol. The third-order valence-electron chi connectivity index (χ3n) is 3.97. The van der Waals surface area contributed by atoms with Crippen LogP contribution in [0.4, 0.5) is 0 Å². The third-order valence-corrected chi connectivity index (χ3v) is 3.97. The highest BCUT2D eigenvalue weighted by Gasteiger charge is 2.36. The van der Waals surface area contributed by atoms with Gasteiger partial charge in [-0.15, -0.1) is 0 Å². The van der Waals surface area contributed by atoms with Gasteiger partial charge in [-0.3, -0.25) is 0 Å². The maximum absolute atomic E-state index is 10.7. The maximum Gasteiger partial charge on any atom is 0.120 e. The quantitative estimate of drug-likeness (QED) is 0.889. The van der Waals surface area contributed by atoms with Crippen molar-refractivity contribution in [2.45, 2.75) is 37.9 Å². The van der Waals surface area contributed by atoms with Crippen LogP contribution < -0.4 is 4.74 Å². The lowest BCUT2D eigenvalue weighted by Crippen LogP contribution is -2.32. The summed E-state index contributed by atoms with van der Waals surface area (Å²) in [4.78, 5) is 0. The zero-order valence-electron chi connectivity index (χ0n) is 10.8. The first kappa shape index (κ1) is 12.0. The van der Waals surface area contributed by atoms with Crippen LogP contribution in [0.2, 0.25) is 0 Å². The van der Waals surface area contributed by atoms with Gasteiger partial charge in [-0.2, -0.15) is 0 Å². The standard InChI is InChI=1S/C15H20O3/c1-15(16,12-7-8-17-10-12)11-3-2-4-14(9-11)18-13-5-6-13/h2-4,9,12-13,16H,5-8,10H2,1H3. The lowest BCUT2D eigenvalue weighted by Gasteiger charge is -2.29. The summed E-state index contributed by atoms with van der Waals surface area (Å²) in [5.41, 5.74) is 0.0931. The Morgan fingerprint density at radius 3 is 2.83 bits per heavy atom. The molecule has 1 aromatic rings. The Bertz CT molecular complexity index is 418. The summed E-state index contributed by atoms with van der Waals surface area (Å²) in [5, 5.41) is 10.7. The first-order valence-electron chi connectivity index (χ1n) is 6.73. The topological polar surface area (TPSA) is 38.7 Å². The molecule has 2 atom stereocenters. The lowest BCUT2D eigenvalue weighted by atomic mass is 9.82. The van der Waals surface area contributed by atoms with E-state index in [0.29, 0.717) is 12.7 Å². The van der Waals surface area contributed by atoms with Gasteiger partial charge in [0.15, 0.2) is 0 Å². The molecule has 0 amide bonds. The molecule has 2 unspecified atom stereocenters. The van der Waals surface area contributed by atoms with Crippen LogP contribution in [0, 0.1) is 5.92 Å². The molecule has 0 aromatic heterocycles. The predicted molar refractivity (Wildman–Crippen MR) is 68.6 cm³/mol. The van der Waals surface area contributed by atoms with Gasteiger partial charge >= 0.3 is 0 Å². The van der Waals surface area contributed by atoms with Crippen LogP contribution in [0.3, 0.4) is 0 Å². The highest BCUT2D eigenvalue weighted by Crippen LogP contribution is 2.36. The summed E-state index contributed by atoms with van der Waals surface area (Å²) in [7, 11) is 0. The Kier molecular flexibility index (Phi) is 3.04. The molecular formula is C15H20O3. The van der Waals surface area contributed by atoms with Crippen molar-refractivity contribution in [2.75, 3.05) is 13.2 Å². The highest BCUT2D eigenvalue weighted by molar-refractivity contribution is 5.33. The van der Waals surface area contributed by atoms with Crippen LogP contribution >= 0.6 is 0 Å². The van der Waals surface area contributed by atoms with E-state index >= 15 is 0 Å². The van der Waals surface area contributed by atoms with Crippen LogP contribution in [-0.2, 0) is 10.3 Å². The first-order chi connectivity index (χ1) is 8.66. The van der Waals surface area contributed by atoms with Crippen LogP contribution in [0.25, 0.3) is 0 Å². The van der Waals surface area contributed by atoms with E-state index < -0.39 is 5.60 Å². The number of hydrogen-bond acceptors (Lipinski definition) is 3. The fourth-order valence-electron chi connectivity index (χ4n) is 2.48. The fourth-order valence-corrected chi connectivity index (χ4v) is 2.48. The summed E-state index contributed by atoms with van der Waals surface area (Å²) in [5.74, 6) is 1.04. The van der Waals surface area contributed by atoms with Gasteiger partial charge in [0.2, 0.25) is 0 Å². The minimum absolute atomic E-state index is 0.175. The largest absolute Gasteiger partial charge is 0.490 e. The summed E-state index contributed by atoms with van der Waals surface area (Å²) in [6.45, 7) is 3.27. The second-order valence-corrected chi connectivity index (χ2v) is 5.55. The second-order valence-electron chi connectivity index (χ2n) is 5.55. The molecule has 2 fully saturated rings. The van der Waals surface area contributed by atoms with Gasteiger partial charge in [-0.05, 0) is 43.9 Å². The summed E-state index contributed by atoms with van der Waals surface area (Å²) < 4.78 is 11.2. The molecule has 1 aliphatic heterocycles. The molecule has 0 bridgehead atoms. The molecule has 3 heteroatoms. The minimum Gasteiger partial charge on any atom is -0.490 e. The molecule has 18 heavy (non-hydrogen) atoms. The Hall–Kier alpha value is -1.06. The van der Waals surface area contributed by atoms with E-state index in [0.717, 1.165) is 37.2 Å². The molecule has 1 N–H and O–H groups in total. The van der Waals surface area contributed by atoms with Crippen molar-refractivity contribution in [3.05, 3.63) is 29.8 Å². The van der Waals surface area contributed by atoms with Crippen LogP contribution in [-0.4, -0.2) is 24.4 Å². The smallest absolute Gasteiger partial charge is 0.120 e. The molecule has 3 nitrogen and oxygen atoms in total. The van der Waals surface area contributed by atoms with Gasteiger partial charge in [-0.1, -0.05) is 12.1 Å². The van der Waals surface area contributed by atoms with Gasteiger partial charge in [-0.25, -0.2) is 0 Å². The minimum atomic E-state index is -0.834. The van der Waals surface area contributed by atoms with Crippen molar-refractivity contribution < 1.29 is 14.6 Å². The van der Waals surface area contributed by atoms with E-state index in [1.807, 2.05) is 31.2 Å². The van der Waals surface area contributed by atoms with Crippen LogP contribution in [0.1, 0.15) is 31.7 Å². The zero-order valence-corrected chi connectivity index (χ0v) is 10.8. The second kappa shape index (κ2) is 4.56. The molecule has 0 radical (unpaired) electrons. The molecule has 1 heterocycles. The maximum atomic E-state index is 10.7. The van der Waals surface area contributed by atoms with Gasteiger partial charge in [0.25, 0.3) is 0 Å². The molecule has 1 saturated heterocycles. The van der Waals surface area contributed by atoms with Crippen LogP contribution in [0.15, 0.2) is 24.3 Å². The average Bonchev–Trinajstić information content (AvgIpc) is 2.99. The molecule has 0 spiro atoms. The Morgan fingerprint density at radius 2 is 2.17 bits per heavy atom. The SMILES string of the molecule is CC(O)(c1cccc(OC2CC2)c1)C1CCOC1. The molecule has 1 aliphatic carbocycles. The van der Waals surface area contributed by atoms with Crippen molar-refractivity contribution in [2.24, 2.45) is 5.92 Å². The van der Waals surface area contributed by atoms with Gasteiger partial charge in [0.1, 0.15) is 5.75 Å². The molecular weight excluding hydrogens is 228 g/mol. The molecule has 1 aromatic carbocycles. The number of rotatable bonds is 4. The van der Waals surface area contributed by atoms with Crippen molar-refractivity contribution in [1.82, 2.24) is 0 Å². The predicted octanol–water partition coefficient (Wildman–Crippen LogP) is 2.47. The van der Waals surface area contributed by atoms with Crippen molar-refractivity contribution >= 4 is 0 Å². The van der Waals surface area contributed by atoms with Crippen LogP contribution in [0.5, 0.6) is 5.75 Å². The van der Waals surface area contributed by atoms with Gasteiger partial charge in [0.05, 0.1) is 18.3 Å². The van der Waals surface area contributed by atoms with E-state index in [1.54, 1.807) is 0 Å². The third kappa shape index (κ3) is 2.38. The van der Waals surface area contributed by atoms with Gasteiger partial charge < -0.3 is 14.6 Å². The van der Waals surface area contributed by atoms with Crippen molar-refractivity contribution in [3.8, 4) is 5.75 Å². The Balaban J connectivity index is 1.80. The number of benzene rings is 1. The molecule has 2 aliphatic rings. The normalized spacial score (nSPS) is 26.9. The molecule has 3 rings (SSSR count). The monoisotopic (exact) mass is 248 g/mol. The number of hydrogen-bond donors (Lipinski definition) is 1. The Labute approximate surface area is 108 Å². The summed E-state index contributed by atoms with van der Waals surface area (Å²) in [6, 6.07) is 7.86. The molecule has 1 saturated carbocycles. The van der Waals surface area contributed by atoms with E-state index in [4.69, 9.17) is 9.47 Å². The fraction of sp³-hybridized carbons (Fsp3) is 0.600. The first-order valence-corrected chi connectivity index (χ1v) is 6.73. The van der Waals surface area contributed by atoms with Gasteiger partial charge in [0, 0.05) is 12.5 Å². The summed E-state index contributed by atoms with van der Waals surface area (Å²) in [6.07, 6.45) is 3.61. The molecule has 98 valence electrons. The van der Waals surface area contributed by atoms with E-state index in [1.165, 1.54) is 0 Å². The van der Waals surface area contributed by atoms with E-state index in [9.17, 15) is 5.11 Å². The van der Waals surface area contributed by atoms with E-state index in [2.05, 4.69) is 0 Å². The van der Waals surface area contributed by atoms with E-state index in [-0.39, 0.29) is 5.92 Å². The zero-order chi connectivity index (χ0) is 12.6.